The fourth-order valence-corrected chi connectivity index (χ4v) is 4.75. The largest absolute Gasteiger partial charge is 0.509 e. The number of fused-ring (bicyclic) bond motifs is 1. The molecule has 0 radical (unpaired) electrons. The maximum absolute atomic E-state index is 12.3. The summed E-state index contributed by atoms with van der Waals surface area (Å²) in [6, 6.07) is -0.112. The van der Waals surface area contributed by atoms with Gasteiger partial charge >= 0.3 is 12.2 Å². The summed E-state index contributed by atoms with van der Waals surface area (Å²) in [7, 11) is 0. The molecule has 210 valence electrons. The number of halogens is 1. The van der Waals surface area contributed by atoms with E-state index < -0.39 is 17.4 Å². The molecule has 0 N–H and O–H groups in total. The van der Waals surface area contributed by atoms with Crippen molar-refractivity contribution in [2.75, 3.05) is 24.5 Å². The summed E-state index contributed by atoms with van der Waals surface area (Å²) in [6.45, 7) is 14.3. The number of carbonyl (C=O) groups excluding carboxylic acids is 2. The van der Waals surface area contributed by atoms with Crippen molar-refractivity contribution in [1.29, 1.82) is 0 Å². The molecule has 3 aromatic heterocycles. The number of imidazole rings is 1. The predicted molar refractivity (Wildman–Crippen MR) is 144 cm³/mol. The lowest BCUT2D eigenvalue weighted by Crippen LogP contribution is -2.61. The Bertz CT molecular complexity index is 1400. The predicted octanol–water partition coefficient (Wildman–Crippen LogP) is 4.57. The van der Waals surface area contributed by atoms with Crippen LogP contribution in [0.2, 0.25) is 5.15 Å². The highest BCUT2D eigenvalue weighted by Gasteiger charge is 2.42. The molecule has 2 aliphatic rings. The molecule has 5 heterocycles. The summed E-state index contributed by atoms with van der Waals surface area (Å²) < 4.78 is 19.9. The van der Waals surface area contributed by atoms with Crippen LogP contribution in [0, 0.1) is 0 Å². The number of rotatable bonds is 4. The maximum Gasteiger partial charge on any atom is 0.509 e. The van der Waals surface area contributed by atoms with E-state index in [0.29, 0.717) is 41.9 Å². The number of amides is 1. The molecule has 5 rings (SSSR count). The van der Waals surface area contributed by atoms with Crippen LogP contribution in [0.1, 0.15) is 54.5 Å². The molecular weight excluding hydrogens is 526 g/mol. The highest BCUT2D eigenvalue weighted by molar-refractivity contribution is 6.32. The molecule has 2 fully saturated rings. The molecule has 0 spiro atoms. The lowest BCUT2D eigenvalue weighted by atomic mass is 10.0. The third-order valence-electron chi connectivity index (χ3n) is 6.54. The first-order chi connectivity index (χ1) is 18.2. The van der Waals surface area contributed by atoms with E-state index in [9.17, 15) is 9.59 Å². The molecule has 0 aromatic carbocycles. The number of aromatic nitrogens is 5. The van der Waals surface area contributed by atoms with E-state index in [2.05, 4.69) is 10.1 Å². The van der Waals surface area contributed by atoms with E-state index in [1.807, 2.05) is 43.5 Å². The second kappa shape index (κ2) is 9.58. The van der Waals surface area contributed by atoms with E-state index >= 15 is 0 Å². The van der Waals surface area contributed by atoms with Crippen LogP contribution < -0.4 is 4.90 Å². The van der Waals surface area contributed by atoms with Crippen LogP contribution in [0.5, 0.6) is 0 Å². The van der Waals surface area contributed by atoms with E-state index in [1.54, 1.807) is 48.7 Å². The fraction of sp³-hybridized carbons (Fsp3) is 0.577. The molecule has 1 amide bonds. The van der Waals surface area contributed by atoms with Gasteiger partial charge < -0.3 is 24.0 Å². The number of ether oxygens (including phenoxy) is 3. The average molecular weight is 560 g/mol. The number of carbonyl (C=O) groups is 2. The molecule has 3 aromatic rings. The van der Waals surface area contributed by atoms with Gasteiger partial charge in [-0.25, -0.2) is 19.6 Å². The Kier molecular flexibility index (Phi) is 6.64. The highest BCUT2D eigenvalue weighted by Crippen LogP contribution is 2.36. The van der Waals surface area contributed by atoms with Crippen LogP contribution >= 0.6 is 11.6 Å². The Hall–Kier alpha value is -3.54. The number of nitrogens with zero attached hydrogens (tertiary/aromatic N) is 7. The van der Waals surface area contributed by atoms with Gasteiger partial charge in [-0.2, -0.15) is 5.10 Å². The molecule has 39 heavy (non-hydrogen) atoms. The number of likely N-dealkylation sites (tertiary alicyclic amines) is 1. The summed E-state index contributed by atoms with van der Waals surface area (Å²) in [5.41, 5.74) is 0.725. The van der Waals surface area contributed by atoms with Crippen LogP contribution in [0.25, 0.3) is 16.9 Å². The number of anilines is 1. The molecule has 2 atom stereocenters. The van der Waals surface area contributed by atoms with Crippen molar-refractivity contribution in [3.8, 4) is 11.3 Å². The average Bonchev–Trinajstić information content (AvgIpc) is 3.44. The monoisotopic (exact) mass is 559 g/mol. The molecule has 2 saturated heterocycles. The minimum atomic E-state index is -0.691. The number of hydrogen-bond donors (Lipinski definition) is 0. The van der Waals surface area contributed by atoms with Crippen LogP contribution in [0.3, 0.4) is 0 Å². The van der Waals surface area contributed by atoms with Gasteiger partial charge in [-0.15, -0.1) is 0 Å². The lowest BCUT2D eigenvalue weighted by molar-refractivity contribution is -0.0413. The Morgan fingerprint density at radius 3 is 2.38 bits per heavy atom. The van der Waals surface area contributed by atoms with Gasteiger partial charge in [0.1, 0.15) is 28.2 Å². The zero-order chi connectivity index (χ0) is 28.3. The third kappa shape index (κ3) is 5.47. The first-order valence-electron chi connectivity index (χ1n) is 12.9. The summed E-state index contributed by atoms with van der Waals surface area (Å²) in [5, 5.41) is 4.93. The zero-order valence-corrected chi connectivity index (χ0v) is 24.0. The SMILES string of the molecule is C[C@H]1[C@H](OC(=O)OC(C)(C)C)CN1c1nc(-c2cnn(C3CN(C(=O)OC(C)(C)C)C3)c2)c(Cl)n2ccnc12. The van der Waals surface area contributed by atoms with Crippen molar-refractivity contribution >= 4 is 35.3 Å². The normalized spacial score (nSPS) is 20.0. The van der Waals surface area contributed by atoms with Crippen molar-refractivity contribution in [2.45, 2.75) is 77.9 Å². The highest BCUT2D eigenvalue weighted by atomic mass is 35.5. The first kappa shape index (κ1) is 27.0. The van der Waals surface area contributed by atoms with Gasteiger partial charge in [-0.1, -0.05) is 11.6 Å². The van der Waals surface area contributed by atoms with Crippen molar-refractivity contribution in [1.82, 2.24) is 29.0 Å². The molecule has 13 heteroatoms. The second-order valence-electron chi connectivity index (χ2n) is 12.0. The molecule has 2 aliphatic heterocycles. The van der Waals surface area contributed by atoms with Gasteiger partial charge in [0.25, 0.3) is 0 Å². The van der Waals surface area contributed by atoms with Crippen LogP contribution in [0.15, 0.2) is 24.8 Å². The van der Waals surface area contributed by atoms with Crippen molar-refractivity contribution in [3.05, 3.63) is 29.9 Å². The van der Waals surface area contributed by atoms with Crippen LogP contribution in [-0.2, 0) is 14.2 Å². The van der Waals surface area contributed by atoms with Crippen molar-refractivity contribution < 1.29 is 23.8 Å². The summed E-state index contributed by atoms with van der Waals surface area (Å²) in [5.74, 6) is 0.628. The second-order valence-corrected chi connectivity index (χ2v) is 12.3. The summed E-state index contributed by atoms with van der Waals surface area (Å²) in [4.78, 5) is 37.5. The van der Waals surface area contributed by atoms with Gasteiger partial charge in [0.15, 0.2) is 11.5 Å². The molecule has 0 saturated carbocycles. The van der Waals surface area contributed by atoms with Gasteiger partial charge in [0, 0.05) is 37.2 Å². The lowest BCUT2D eigenvalue weighted by Gasteiger charge is -2.45. The minimum Gasteiger partial charge on any atom is -0.444 e. The molecule has 0 aliphatic carbocycles. The van der Waals surface area contributed by atoms with E-state index in [-0.39, 0.29) is 24.3 Å². The van der Waals surface area contributed by atoms with E-state index in [0.717, 1.165) is 5.56 Å². The van der Waals surface area contributed by atoms with Crippen molar-refractivity contribution in [3.63, 3.8) is 0 Å². The topological polar surface area (TPSA) is 116 Å². The van der Waals surface area contributed by atoms with Crippen molar-refractivity contribution in [2.24, 2.45) is 0 Å². The molecule has 12 nitrogen and oxygen atoms in total. The zero-order valence-electron chi connectivity index (χ0n) is 23.2. The quantitative estimate of drug-likeness (QED) is 0.424. The van der Waals surface area contributed by atoms with E-state index in [1.165, 1.54) is 0 Å². The molecular formula is C26H34ClN7O5. The fourth-order valence-electron chi connectivity index (χ4n) is 4.47. The van der Waals surface area contributed by atoms with Gasteiger partial charge in [-0.05, 0) is 48.5 Å². The molecule has 0 unspecified atom stereocenters. The number of hydrogen-bond acceptors (Lipinski definition) is 9. The van der Waals surface area contributed by atoms with Gasteiger partial charge in [0.2, 0.25) is 0 Å². The Morgan fingerprint density at radius 2 is 1.74 bits per heavy atom. The van der Waals surface area contributed by atoms with Crippen LogP contribution in [-0.4, -0.2) is 84.3 Å². The smallest absolute Gasteiger partial charge is 0.444 e. The van der Waals surface area contributed by atoms with Gasteiger partial charge in [-0.3, -0.25) is 9.08 Å². The minimum absolute atomic E-state index is 0.0302. The standard InChI is InChI=1S/C26H34ClN7O5/c1-15-18(37-24(36)39-26(5,6)7)14-33(15)22-21-28-8-9-32(21)20(27)19(30-22)16-10-29-34(11-16)17-12-31(13-17)23(35)38-25(2,3)4/h8-11,15,17-18H,12-14H2,1-7H3/t15-,18+/m0/s1. The Labute approximate surface area is 231 Å². The first-order valence-corrected chi connectivity index (χ1v) is 13.3. The van der Waals surface area contributed by atoms with E-state index in [4.69, 9.17) is 30.8 Å². The Morgan fingerprint density at radius 1 is 1.05 bits per heavy atom. The molecule has 0 bridgehead atoms. The van der Waals surface area contributed by atoms with Crippen LogP contribution in [0.4, 0.5) is 15.4 Å². The summed E-state index contributed by atoms with van der Waals surface area (Å²) >= 11 is 6.76. The Balaban J connectivity index is 1.32. The summed E-state index contributed by atoms with van der Waals surface area (Å²) in [6.07, 6.45) is 5.67. The van der Waals surface area contributed by atoms with Gasteiger partial charge in [0.05, 0.1) is 24.8 Å². The third-order valence-corrected chi connectivity index (χ3v) is 6.90. The maximum atomic E-state index is 12.3.